The SMILES string of the molecule is C=CC(=O)N1CCN2c3nc(=O)n(-c4c(C)cnn4C(C)(C)C)c4nc(-c5c(O)cccc5F)c(F)c(c34)OC[C@H]2C1. The van der Waals surface area contributed by atoms with Gasteiger partial charge >= 0.3 is 5.69 Å². The van der Waals surface area contributed by atoms with Gasteiger partial charge in [-0.2, -0.15) is 10.1 Å². The van der Waals surface area contributed by atoms with Crippen molar-refractivity contribution in [2.45, 2.75) is 39.3 Å². The molecule has 2 aliphatic rings. The van der Waals surface area contributed by atoms with Crippen LogP contribution in [0.5, 0.6) is 11.5 Å². The van der Waals surface area contributed by atoms with E-state index in [0.29, 0.717) is 17.9 Å². The quantitative estimate of drug-likeness (QED) is 0.369. The summed E-state index contributed by atoms with van der Waals surface area (Å²) in [6.07, 6.45) is 2.82. The normalized spacial score (nSPS) is 16.7. The van der Waals surface area contributed by atoms with Gasteiger partial charge < -0.3 is 19.6 Å². The topological polar surface area (TPSA) is 119 Å². The summed E-state index contributed by atoms with van der Waals surface area (Å²) in [5.41, 5.74) is -1.71. The van der Waals surface area contributed by atoms with Crippen LogP contribution in [0.1, 0.15) is 26.3 Å². The number of carbonyl (C=O) groups excluding carboxylic acids is 1. The molecule has 1 atom stereocenters. The van der Waals surface area contributed by atoms with Gasteiger partial charge in [0, 0.05) is 25.2 Å². The minimum absolute atomic E-state index is 0.0431. The molecule has 1 fully saturated rings. The molecule has 0 aliphatic carbocycles. The average molecular weight is 578 g/mol. The number of hydrogen-bond acceptors (Lipinski definition) is 8. The van der Waals surface area contributed by atoms with Gasteiger partial charge in [0.1, 0.15) is 40.9 Å². The number of fused-ring (bicyclic) bond motifs is 2. The van der Waals surface area contributed by atoms with E-state index >= 15 is 8.78 Å². The predicted molar refractivity (Wildman–Crippen MR) is 151 cm³/mol. The summed E-state index contributed by atoms with van der Waals surface area (Å²) in [6.45, 7) is 11.8. The highest BCUT2D eigenvalue weighted by Gasteiger charge is 2.38. The first kappa shape index (κ1) is 27.4. The van der Waals surface area contributed by atoms with E-state index < -0.39 is 45.9 Å². The second-order valence-corrected chi connectivity index (χ2v) is 11.4. The number of nitrogens with zero attached hydrogens (tertiary/aromatic N) is 7. The molecule has 5 heterocycles. The monoisotopic (exact) mass is 577 g/mol. The molecule has 6 rings (SSSR count). The van der Waals surface area contributed by atoms with Crippen LogP contribution in [-0.4, -0.2) is 72.5 Å². The Morgan fingerprint density at radius 2 is 1.98 bits per heavy atom. The number of hydrogen-bond donors (Lipinski definition) is 1. The molecule has 0 radical (unpaired) electrons. The lowest BCUT2D eigenvalue weighted by atomic mass is 10.1. The zero-order valence-corrected chi connectivity index (χ0v) is 23.6. The first-order valence-electron chi connectivity index (χ1n) is 13.4. The molecular weight excluding hydrogens is 548 g/mol. The molecule has 0 saturated carbocycles. The molecule has 1 saturated heterocycles. The number of ether oxygens (including phenoxy) is 1. The first-order valence-corrected chi connectivity index (χ1v) is 13.4. The fraction of sp³-hybridized carbons (Fsp3) is 0.345. The number of pyridine rings is 1. The van der Waals surface area contributed by atoms with E-state index in [1.807, 2.05) is 25.7 Å². The molecule has 3 aromatic heterocycles. The molecule has 1 N–H and O–H groups in total. The number of aryl methyl sites for hydroxylation is 1. The highest BCUT2D eigenvalue weighted by molar-refractivity contribution is 5.97. The van der Waals surface area contributed by atoms with Crippen molar-refractivity contribution < 1.29 is 23.4 Å². The molecule has 0 spiro atoms. The average Bonchev–Trinajstić information content (AvgIpc) is 3.25. The second-order valence-electron chi connectivity index (χ2n) is 11.4. The van der Waals surface area contributed by atoms with Crippen molar-refractivity contribution in [2.75, 3.05) is 31.1 Å². The number of aromatic hydroxyl groups is 1. The maximum absolute atomic E-state index is 16.4. The Labute approximate surface area is 239 Å². The van der Waals surface area contributed by atoms with Crippen molar-refractivity contribution in [3.8, 4) is 28.6 Å². The standard InChI is InChI=1S/C29H29F2N7O4/c1-6-19(40)35-10-11-36-16(13-35)14-42-24-21-25(36)34-28(41)37(27-15(2)12-32-38(27)29(3,4)5)26(21)33-23(22(24)31)20-17(30)8-7-9-18(20)39/h6-9,12,16,39H,1,10-11,13-14H2,2-5H3/t16-/m1/s1. The summed E-state index contributed by atoms with van der Waals surface area (Å²) < 4.78 is 40.4. The van der Waals surface area contributed by atoms with Crippen LogP contribution in [0.3, 0.4) is 0 Å². The number of aromatic nitrogens is 5. The van der Waals surface area contributed by atoms with Crippen LogP contribution in [-0.2, 0) is 10.3 Å². The van der Waals surface area contributed by atoms with Gasteiger partial charge in [0.15, 0.2) is 17.2 Å². The summed E-state index contributed by atoms with van der Waals surface area (Å²) >= 11 is 0. The van der Waals surface area contributed by atoms with Crippen LogP contribution in [0.15, 0.2) is 41.8 Å². The molecule has 1 aromatic carbocycles. The number of halogens is 2. The molecule has 0 unspecified atom stereocenters. The van der Waals surface area contributed by atoms with Gasteiger partial charge in [-0.25, -0.2) is 27.8 Å². The number of anilines is 1. The minimum atomic E-state index is -1.02. The van der Waals surface area contributed by atoms with Crippen LogP contribution in [0.4, 0.5) is 14.6 Å². The first-order chi connectivity index (χ1) is 19.9. The van der Waals surface area contributed by atoms with E-state index in [-0.39, 0.29) is 48.2 Å². The predicted octanol–water partition coefficient (Wildman–Crippen LogP) is 3.29. The van der Waals surface area contributed by atoms with Gasteiger partial charge in [-0.3, -0.25) is 4.79 Å². The molecule has 42 heavy (non-hydrogen) atoms. The van der Waals surface area contributed by atoms with E-state index in [0.717, 1.165) is 6.07 Å². The third-order valence-electron chi connectivity index (χ3n) is 7.56. The molecule has 1 amide bonds. The summed E-state index contributed by atoms with van der Waals surface area (Å²) in [7, 11) is 0. The Hall–Kier alpha value is -4.81. The van der Waals surface area contributed by atoms with Crippen molar-refractivity contribution in [1.82, 2.24) is 29.2 Å². The van der Waals surface area contributed by atoms with Crippen molar-refractivity contribution in [2.24, 2.45) is 0 Å². The fourth-order valence-corrected chi connectivity index (χ4v) is 5.60. The van der Waals surface area contributed by atoms with E-state index in [9.17, 15) is 14.7 Å². The van der Waals surface area contributed by atoms with Crippen molar-refractivity contribution >= 4 is 22.8 Å². The Balaban J connectivity index is 1.71. The van der Waals surface area contributed by atoms with Crippen molar-refractivity contribution in [1.29, 1.82) is 0 Å². The second kappa shape index (κ2) is 9.64. The van der Waals surface area contributed by atoms with Gasteiger partial charge in [0.05, 0.1) is 23.3 Å². The van der Waals surface area contributed by atoms with E-state index in [1.54, 1.807) is 22.7 Å². The Morgan fingerprint density at radius 3 is 2.67 bits per heavy atom. The summed E-state index contributed by atoms with van der Waals surface area (Å²) in [6, 6.07) is 3.11. The molecule has 11 nitrogen and oxygen atoms in total. The number of piperazine rings is 1. The summed E-state index contributed by atoms with van der Waals surface area (Å²) in [5, 5.41) is 15.2. The zero-order chi connectivity index (χ0) is 30.1. The fourth-order valence-electron chi connectivity index (χ4n) is 5.60. The van der Waals surface area contributed by atoms with Crippen LogP contribution in [0, 0.1) is 18.6 Å². The third-order valence-corrected chi connectivity index (χ3v) is 7.56. The number of phenolic OH excluding ortho intramolecular Hbond substituents is 1. The highest BCUT2D eigenvalue weighted by atomic mass is 19.1. The number of phenols is 1. The van der Waals surface area contributed by atoms with Crippen LogP contribution in [0.25, 0.3) is 28.1 Å². The van der Waals surface area contributed by atoms with Gasteiger partial charge in [-0.15, -0.1) is 0 Å². The maximum Gasteiger partial charge on any atom is 0.357 e. The molecule has 218 valence electrons. The Bertz CT molecular complexity index is 1820. The van der Waals surface area contributed by atoms with Gasteiger partial charge in [0.2, 0.25) is 5.91 Å². The summed E-state index contributed by atoms with van der Waals surface area (Å²) in [4.78, 5) is 38.7. The Morgan fingerprint density at radius 1 is 1.21 bits per heavy atom. The highest BCUT2D eigenvalue weighted by Crippen LogP contribution is 2.43. The largest absolute Gasteiger partial charge is 0.507 e. The number of rotatable bonds is 3. The van der Waals surface area contributed by atoms with E-state index in [1.165, 1.54) is 22.8 Å². The Kier molecular flexibility index (Phi) is 6.28. The zero-order valence-electron chi connectivity index (χ0n) is 23.6. The van der Waals surface area contributed by atoms with Crippen molar-refractivity contribution in [3.63, 3.8) is 0 Å². The maximum atomic E-state index is 16.4. The molecule has 13 heteroatoms. The number of benzene rings is 1. The van der Waals surface area contributed by atoms with Crippen LogP contribution in [0.2, 0.25) is 0 Å². The number of amides is 1. The smallest absolute Gasteiger partial charge is 0.357 e. The lowest BCUT2D eigenvalue weighted by Crippen LogP contribution is -2.56. The molecular formula is C29H29F2N7O4. The van der Waals surface area contributed by atoms with E-state index in [4.69, 9.17) is 4.74 Å². The van der Waals surface area contributed by atoms with E-state index in [2.05, 4.69) is 21.6 Å². The lowest BCUT2D eigenvalue weighted by Gasteiger charge is -2.40. The van der Waals surface area contributed by atoms with Crippen molar-refractivity contribution in [3.05, 3.63) is 64.7 Å². The third kappa shape index (κ3) is 4.10. The molecule has 2 aliphatic heterocycles. The van der Waals surface area contributed by atoms with Gasteiger partial charge in [-0.1, -0.05) is 12.6 Å². The summed E-state index contributed by atoms with van der Waals surface area (Å²) in [5.74, 6) is -2.51. The van der Waals surface area contributed by atoms with Crippen LogP contribution >= 0.6 is 0 Å². The molecule has 0 bridgehead atoms. The lowest BCUT2D eigenvalue weighted by molar-refractivity contribution is -0.126. The van der Waals surface area contributed by atoms with Crippen LogP contribution < -0.4 is 15.3 Å². The van der Waals surface area contributed by atoms with Gasteiger partial charge in [-0.05, 0) is 45.9 Å². The molecule has 4 aromatic rings. The number of carbonyl (C=O) groups is 1. The minimum Gasteiger partial charge on any atom is -0.507 e. The van der Waals surface area contributed by atoms with Gasteiger partial charge in [0.25, 0.3) is 0 Å².